The molecule has 1 aliphatic rings. The van der Waals surface area contributed by atoms with Crippen LogP contribution in [0, 0.1) is 10.1 Å². The Morgan fingerprint density at radius 1 is 1.50 bits per heavy atom. The molecule has 0 radical (unpaired) electrons. The number of rotatable bonds is 4. The van der Waals surface area contributed by atoms with Crippen molar-refractivity contribution in [3.8, 4) is 0 Å². The van der Waals surface area contributed by atoms with Crippen molar-refractivity contribution in [2.45, 2.75) is 12.5 Å². The minimum absolute atomic E-state index is 0.00562. The topological polar surface area (TPSA) is 75.5 Å². The van der Waals surface area contributed by atoms with E-state index >= 15 is 0 Å². The molecule has 106 valence electrons. The van der Waals surface area contributed by atoms with Crippen LogP contribution in [0.1, 0.15) is 12.0 Å². The summed E-state index contributed by atoms with van der Waals surface area (Å²) in [4.78, 5) is 24.2. The van der Waals surface area contributed by atoms with Gasteiger partial charge in [0.25, 0.3) is 5.69 Å². The number of likely N-dealkylation sites (tertiary alicyclic amines) is 1. The van der Waals surface area contributed by atoms with Gasteiger partial charge in [-0.1, -0.05) is 12.1 Å². The van der Waals surface area contributed by atoms with Crippen molar-refractivity contribution in [2.75, 3.05) is 20.1 Å². The third kappa shape index (κ3) is 3.21. The Balaban J connectivity index is 2.06. The third-order valence-corrected chi connectivity index (χ3v) is 3.45. The molecule has 0 aliphatic carbocycles. The molecular formula is C14H17N3O3. The maximum Gasteiger partial charge on any atom is 0.276 e. The van der Waals surface area contributed by atoms with Gasteiger partial charge >= 0.3 is 0 Å². The van der Waals surface area contributed by atoms with E-state index in [1.807, 2.05) is 7.05 Å². The van der Waals surface area contributed by atoms with E-state index in [4.69, 9.17) is 0 Å². The molecule has 0 spiro atoms. The fourth-order valence-electron chi connectivity index (χ4n) is 2.26. The Kier molecular flexibility index (Phi) is 4.47. The molecule has 1 unspecified atom stereocenters. The Morgan fingerprint density at radius 2 is 2.25 bits per heavy atom. The highest BCUT2D eigenvalue weighted by atomic mass is 16.6. The van der Waals surface area contributed by atoms with Crippen LogP contribution in [0.3, 0.4) is 0 Å². The quantitative estimate of drug-likeness (QED) is 0.512. The molecule has 6 nitrogen and oxygen atoms in total. The largest absolute Gasteiger partial charge is 0.338 e. The molecule has 1 aromatic carbocycles. The maximum absolute atomic E-state index is 12.0. The number of nitro benzene ring substituents is 1. The Hall–Kier alpha value is -2.21. The molecule has 1 atom stereocenters. The van der Waals surface area contributed by atoms with E-state index in [0.29, 0.717) is 24.7 Å². The number of nitrogens with one attached hydrogen (secondary N) is 1. The monoisotopic (exact) mass is 275 g/mol. The lowest BCUT2D eigenvalue weighted by Gasteiger charge is -2.13. The van der Waals surface area contributed by atoms with Gasteiger partial charge in [-0.15, -0.1) is 0 Å². The van der Waals surface area contributed by atoms with Crippen molar-refractivity contribution in [1.29, 1.82) is 0 Å². The minimum Gasteiger partial charge on any atom is -0.338 e. The molecule has 0 saturated carbocycles. The van der Waals surface area contributed by atoms with Crippen LogP contribution in [-0.2, 0) is 4.79 Å². The summed E-state index contributed by atoms with van der Waals surface area (Å²) in [6.45, 7) is 1.39. The van der Waals surface area contributed by atoms with Crippen molar-refractivity contribution in [3.05, 3.63) is 46.0 Å². The van der Waals surface area contributed by atoms with Gasteiger partial charge in [0.2, 0.25) is 5.91 Å². The predicted octanol–water partition coefficient (Wildman–Crippen LogP) is 1.43. The first-order valence-electron chi connectivity index (χ1n) is 6.49. The number of benzene rings is 1. The molecule has 1 fully saturated rings. The lowest BCUT2D eigenvalue weighted by atomic mass is 10.1. The molecule has 20 heavy (non-hydrogen) atoms. The number of para-hydroxylation sites is 1. The summed E-state index contributed by atoms with van der Waals surface area (Å²) in [6, 6.07) is 6.71. The van der Waals surface area contributed by atoms with Crippen LogP contribution in [0.4, 0.5) is 5.69 Å². The molecule has 0 bridgehead atoms. The van der Waals surface area contributed by atoms with Crippen LogP contribution >= 0.6 is 0 Å². The molecule has 1 N–H and O–H groups in total. The highest BCUT2D eigenvalue weighted by Crippen LogP contribution is 2.19. The first-order valence-corrected chi connectivity index (χ1v) is 6.49. The Labute approximate surface area is 117 Å². The van der Waals surface area contributed by atoms with Crippen molar-refractivity contribution >= 4 is 17.7 Å². The van der Waals surface area contributed by atoms with Crippen LogP contribution < -0.4 is 5.32 Å². The van der Waals surface area contributed by atoms with Gasteiger partial charge in [-0.25, -0.2) is 0 Å². The third-order valence-electron chi connectivity index (χ3n) is 3.45. The predicted molar refractivity (Wildman–Crippen MR) is 76.2 cm³/mol. The number of amides is 1. The molecule has 1 aromatic rings. The fourth-order valence-corrected chi connectivity index (χ4v) is 2.26. The number of nitrogens with zero attached hydrogens (tertiary/aromatic N) is 2. The zero-order valence-electron chi connectivity index (χ0n) is 11.3. The number of nitro groups is 1. The molecule has 1 amide bonds. The SMILES string of the molecule is CNC1CCN(C(=O)/C=C/c2ccccc2[N+](=O)[O-])C1. The van der Waals surface area contributed by atoms with Crippen molar-refractivity contribution < 1.29 is 9.72 Å². The fraction of sp³-hybridized carbons (Fsp3) is 0.357. The van der Waals surface area contributed by atoms with Gasteiger partial charge in [0.05, 0.1) is 10.5 Å². The normalized spacial score (nSPS) is 18.6. The second-order valence-electron chi connectivity index (χ2n) is 4.71. The second-order valence-corrected chi connectivity index (χ2v) is 4.71. The number of likely N-dealkylation sites (N-methyl/N-ethyl adjacent to an activating group) is 1. The highest BCUT2D eigenvalue weighted by Gasteiger charge is 2.23. The van der Waals surface area contributed by atoms with E-state index in [-0.39, 0.29) is 11.6 Å². The first-order chi connectivity index (χ1) is 9.61. The summed E-state index contributed by atoms with van der Waals surface area (Å²) in [5, 5.41) is 14.0. The molecule has 0 aromatic heterocycles. The summed E-state index contributed by atoms with van der Waals surface area (Å²) >= 11 is 0. The van der Waals surface area contributed by atoms with Crippen molar-refractivity contribution in [2.24, 2.45) is 0 Å². The van der Waals surface area contributed by atoms with Crippen molar-refractivity contribution in [3.63, 3.8) is 0 Å². The average Bonchev–Trinajstić information content (AvgIpc) is 2.94. The Morgan fingerprint density at radius 3 is 2.90 bits per heavy atom. The average molecular weight is 275 g/mol. The van der Waals surface area contributed by atoms with Crippen LogP contribution in [0.15, 0.2) is 30.3 Å². The molecule has 2 rings (SSSR count). The van der Waals surface area contributed by atoms with Crippen LogP contribution in [0.25, 0.3) is 6.08 Å². The van der Waals surface area contributed by atoms with Gasteiger partial charge in [-0.3, -0.25) is 14.9 Å². The molecular weight excluding hydrogens is 258 g/mol. The van der Waals surface area contributed by atoms with Crippen LogP contribution in [-0.4, -0.2) is 41.9 Å². The van der Waals surface area contributed by atoms with E-state index in [1.54, 1.807) is 23.1 Å². The van der Waals surface area contributed by atoms with E-state index in [9.17, 15) is 14.9 Å². The zero-order valence-corrected chi connectivity index (χ0v) is 11.3. The second kappa shape index (κ2) is 6.29. The number of carbonyl (C=O) groups is 1. The smallest absolute Gasteiger partial charge is 0.276 e. The van der Waals surface area contributed by atoms with Gasteiger partial charge in [0.15, 0.2) is 0 Å². The van der Waals surface area contributed by atoms with E-state index in [0.717, 1.165) is 6.42 Å². The summed E-state index contributed by atoms with van der Waals surface area (Å²) < 4.78 is 0. The standard InChI is InChI=1S/C14H17N3O3/c1-15-12-8-9-16(10-12)14(18)7-6-11-4-2-3-5-13(11)17(19)20/h2-7,12,15H,8-10H2,1H3/b7-6+. The van der Waals surface area contributed by atoms with Crippen molar-refractivity contribution in [1.82, 2.24) is 10.2 Å². The zero-order chi connectivity index (χ0) is 14.5. The number of hydrogen-bond acceptors (Lipinski definition) is 4. The van der Waals surface area contributed by atoms with E-state index < -0.39 is 4.92 Å². The van der Waals surface area contributed by atoms with Crippen LogP contribution in [0.5, 0.6) is 0 Å². The van der Waals surface area contributed by atoms with Gasteiger partial charge in [0.1, 0.15) is 0 Å². The molecule has 6 heteroatoms. The first kappa shape index (κ1) is 14.2. The van der Waals surface area contributed by atoms with Gasteiger partial charge in [-0.05, 0) is 25.6 Å². The minimum atomic E-state index is -0.447. The lowest BCUT2D eigenvalue weighted by molar-refractivity contribution is -0.385. The Bertz CT molecular complexity index is 542. The van der Waals surface area contributed by atoms with Gasteiger partial charge in [-0.2, -0.15) is 0 Å². The molecule has 1 heterocycles. The lowest BCUT2D eigenvalue weighted by Crippen LogP contribution is -2.32. The maximum atomic E-state index is 12.0. The number of carbonyl (C=O) groups excluding carboxylic acids is 1. The van der Waals surface area contributed by atoms with E-state index in [2.05, 4.69) is 5.32 Å². The van der Waals surface area contributed by atoms with E-state index in [1.165, 1.54) is 18.2 Å². The molecule has 1 aliphatic heterocycles. The summed E-state index contributed by atoms with van der Waals surface area (Å²) in [6.07, 6.45) is 3.84. The summed E-state index contributed by atoms with van der Waals surface area (Å²) in [5.41, 5.74) is 0.446. The highest BCUT2D eigenvalue weighted by molar-refractivity contribution is 5.92. The summed E-state index contributed by atoms with van der Waals surface area (Å²) in [7, 11) is 1.88. The summed E-state index contributed by atoms with van der Waals surface area (Å²) in [5.74, 6) is -0.110. The number of hydrogen-bond donors (Lipinski definition) is 1. The molecule has 1 saturated heterocycles. The van der Waals surface area contributed by atoms with Crippen LogP contribution in [0.2, 0.25) is 0 Å². The van der Waals surface area contributed by atoms with Gasteiger partial charge in [0, 0.05) is 31.3 Å². The van der Waals surface area contributed by atoms with Gasteiger partial charge < -0.3 is 10.2 Å².